The molecule has 2 heteroatoms. The molecule has 0 aliphatic rings. The maximum atomic E-state index is 8.39. The van der Waals surface area contributed by atoms with Crippen LogP contribution in [0.15, 0.2) is 30.3 Å². The van der Waals surface area contributed by atoms with Gasteiger partial charge in [-0.1, -0.05) is 44.2 Å². The first-order valence-electron chi connectivity index (χ1n) is 4.38. The van der Waals surface area contributed by atoms with E-state index in [1.165, 1.54) is 0 Å². The van der Waals surface area contributed by atoms with Crippen LogP contribution < -0.4 is 0 Å². The van der Waals surface area contributed by atoms with Crippen molar-refractivity contribution < 1.29 is 9.90 Å². The van der Waals surface area contributed by atoms with Crippen molar-refractivity contribution in [2.45, 2.75) is 20.3 Å². The molecule has 0 aliphatic carbocycles. The van der Waals surface area contributed by atoms with Gasteiger partial charge in [0.1, 0.15) is 0 Å². The second kappa shape index (κ2) is 13.4. The third-order valence-corrected chi connectivity index (χ3v) is 1.17. The zero-order valence-corrected chi connectivity index (χ0v) is 8.57. The minimum absolute atomic E-state index is 0.640. The van der Waals surface area contributed by atoms with Crippen molar-refractivity contribution in [1.29, 1.82) is 0 Å². The van der Waals surface area contributed by atoms with E-state index in [-0.39, 0.29) is 0 Å². The molecule has 0 aromatic heterocycles. The Morgan fingerprint density at radius 2 is 1.62 bits per heavy atom. The van der Waals surface area contributed by atoms with Crippen LogP contribution in [-0.2, 0) is 6.42 Å². The third-order valence-electron chi connectivity index (χ3n) is 1.17. The van der Waals surface area contributed by atoms with E-state index in [2.05, 4.69) is 0 Å². The lowest BCUT2D eigenvalue weighted by atomic mass is 10.2. The van der Waals surface area contributed by atoms with E-state index >= 15 is 0 Å². The number of aldehydes is 1. The third kappa shape index (κ3) is 8.76. The van der Waals surface area contributed by atoms with Crippen LogP contribution >= 0.6 is 0 Å². The first kappa shape index (κ1) is 14.4. The molecule has 1 aromatic carbocycles. The highest BCUT2D eigenvalue weighted by atomic mass is 16.2. The monoisotopic (exact) mass is 183 g/mol. The number of aliphatic hydroxyl groups excluding tert-OH is 1. The summed E-state index contributed by atoms with van der Waals surface area (Å²) in [6.45, 7) is 4.00. The summed E-state index contributed by atoms with van der Waals surface area (Å²) in [5.74, 6) is 0. The van der Waals surface area contributed by atoms with Crippen LogP contribution in [0.1, 0.15) is 19.4 Å². The lowest BCUT2D eigenvalue weighted by Gasteiger charge is -1.87. The van der Waals surface area contributed by atoms with Crippen molar-refractivity contribution in [3.63, 3.8) is 0 Å². The maximum absolute atomic E-state index is 8.39. The van der Waals surface area contributed by atoms with Crippen LogP contribution in [0.2, 0.25) is 0 Å². The molecule has 0 amide bonds. The molecule has 0 radical (unpaired) electrons. The average Bonchev–Trinajstić information content (AvgIpc) is 2.26. The molecular formula is C11H19O2+. The second-order valence-electron chi connectivity index (χ2n) is 1.87. The summed E-state index contributed by atoms with van der Waals surface area (Å²) in [5, 5.41) is 7.00. The minimum Gasteiger partial charge on any atom is -0.400 e. The Kier molecular flexibility index (Phi) is 14.9. The number of benzene rings is 1. The standard InChI is InChI=1S/C8H8O.C2H6.CH4O/c9-7-6-8-4-2-1-3-5-8;2*1-2/h1-5,7H,6H2;1-2H3;2H,1H3/p+1. The van der Waals surface area contributed by atoms with Gasteiger partial charge in [-0.3, -0.25) is 4.79 Å². The van der Waals surface area contributed by atoms with E-state index in [0.29, 0.717) is 6.42 Å². The van der Waals surface area contributed by atoms with E-state index in [1.54, 1.807) is 0 Å². The first-order valence-corrected chi connectivity index (χ1v) is 4.38. The Balaban J connectivity index is 0. The van der Waals surface area contributed by atoms with Crippen LogP contribution in [0.5, 0.6) is 0 Å². The van der Waals surface area contributed by atoms with Crippen molar-refractivity contribution in [2.75, 3.05) is 7.11 Å². The molecule has 1 rings (SSSR count). The highest BCUT2D eigenvalue weighted by Gasteiger charge is 1.88. The molecular weight excluding hydrogens is 164 g/mol. The predicted molar refractivity (Wildman–Crippen MR) is 57.6 cm³/mol. The molecule has 74 valence electrons. The largest absolute Gasteiger partial charge is 0.400 e. The molecule has 0 fully saturated rings. The molecule has 0 saturated heterocycles. The zero-order valence-electron chi connectivity index (χ0n) is 8.57. The van der Waals surface area contributed by atoms with Crippen molar-refractivity contribution in [2.24, 2.45) is 0 Å². The lowest BCUT2D eigenvalue weighted by Crippen LogP contribution is -1.82. The molecule has 13 heavy (non-hydrogen) atoms. The molecule has 1 aromatic rings. The van der Waals surface area contributed by atoms with E-state index in [9.17, 15) is 0 Å². The zero-order chi connectivity index (χ0) is 10.5. The number of hydrogen-bond donors (Lipinski definition) is 1. The second-order valence-corrected chi connectivity index (χ2v) is 1.87. The van der Waals surface area contributed by atoms with E-state index < -0.39 is 0 Å². The fraction of sp³-hybridized carbons (Fsp3) is 0.364. The summed E-state index contributed by atoms with van der Waals surface area (Å²) in [5.41, 5.74) is 1.14. The topological polar surface area (TPSA) is 41.6 Å². The maximum Gasteiger partial charge on any atom is 0.286 e. The van der Waals surface area contributed by atoms with Crippen molar-refractivity contribution in [3.05, 3.63) is 35.9 Å². The smallest absolute Gasteiger partial charge is 0.286 e. The van der Waals surface area contributed by atoms with E-state index in [0.717, 1.165) is 19.0 Å². The fourth-order valence-corrected chi connectivity index (χ4v) is 0.720. The number of hydrogen-bond acceptors (Lipinski definition) is 1. The Labute approximate surface area is 80.2 Å². The van der Waals surface area contributed by atoms with Crippen molar-refractivity contribution >= 4 is 6.29 Å². The molecule has 0 spiro atoms. The van der Waals surface area contributed by atoms with Gasteiger partial charge in [0.25, 0.3) is 6.29 Å². The molecule has 0 unspecified atom stereocenters. The lowest BCUT2D eigenvalue weighted by molar-refractivity contribution is 0.399. The normalized spacial score (nSPS) is 7.08. The molecule has 0 heterocycles. The van der Waals surface area contributed by atoms with Gasteiger partial charge in [-0.2, -0.15) is 0 Å². The van der Waals surface area contributed by atoms with Gasteiger partial charge in [0, 0.05) is 7.11 Å². The van der Waals surface area contributed by atoms with Crippen LogP contribution in [-0.4, -0.2) is 23.3 Å². The highest BCUT2D eigenvalue weighted by molar-refractivity contribution is 5.55. The quantitative estimate of drug-likeness (QED) is 0.553. The van der Waals surface area contributed by atoms with Gasteiger partial charge in [0.2, 0.25) is 0 Å². The van der Waals surface area contributed by atoms with Gasteiger partial charge in [-0.05, 0) is 5.56 Å². The van der Waals surface area contributed by atoms with Crippen LogP contribution in [0.4, 0.5) is 0 Å². The van der Waals surface area contributed by atoms with Crippen LogP contribution in [0, 0.1) is 0 Å². The molecule has 0 bridgehead atoms. The van der Waals surface area contributed by atoms with E-state index in [1.807, 2.05) is 44.2 Å². The average molecular weight is 183 g/mol. The Morgan fingerprint density at radius 1 is 1.15 bits per heavy atom. The Hall–Kier alpha value is -1.15. The highest BCUT2D eigenvalue weighted by Crippen LogP contribution is 1.96. The van der Waals surface area contributed by atoms with Gasteiger partial charge in [-0.15, -0.1) is 0 Å². The summed E-state index contributed by atoms with van der Waals surface area (Å²) in [6.07, 6.45) is 1.80. The molecule has 0 atom stereocenters. The van der Waals surface area contributed by atoms with Crippen LogP contribution in [0.25, 0.3) is 0 Å². The SMILES string of the molecule is CC.CO.[OH+]=CCc1ccccc1. The van der Waals surface area contributed by atoms with Crippen molar-refractivity contribution in [3.8, 4) is 0 Å². The van der Waals surface area contributed by atoms with Crippen molar-refractivity contribution in [1.82, 2.24) is 0 Å². The van der Waals surface area contributed by atoms with Gasteiger partial charge >= 0.3 is 0 Å². The summed E-state index contributed by atoms with van der Waals surface area (Å²) in [6, 6.07) is 9.83. The van der Waals surface area contributed by atoms with Crippen LogP contribution in [0.3, 0.4) is 0 Å². The summed E-state index contributed by atoms with van der Waals surface area (Å²) in [4.78, 5) is 8.39. The van der Waals surface area contributed by atoms with Gasteiger partial charge in [0.05, 0.1) is 6.42 Å². The fourth-order valence-electron chi connectivity index (χ4n) is 0.720. The molecule has 2 N–H and O–H groups in total. The first-order chi connectivity index (χ1) is 6.43. The van der Waals surface area contributed by atoms with Gasteiger partial charge in [0.15, 0.2) is 0 Å². The molecule has 0 aliphatic heterocycles. The number of carbonyl (C=O) groups excluding carboxylic acids is 1. The summed E-state index contributed by atoms with van der Waals surface area (Å²) in [7, 11) is 1.00. The van der Waals surface area contributed by atoms with E-state index in [4.69, 9.17) is 9.90 Å². The van der Waals surface area contributed by atoms with Gasteiger partial charge in [-0.25, -0.2) is 0 Å². The van der Waals surface area contributed by atoms with Gasteiger partial charge < -0.3 is 5.11 Å². The summed E-state index contributed by atoms with van der Waals surface area (Å²) < 4.78 is 0. The Morgan fingerprint density at radius 3 is 2.00 bits per heavy atom. The Bertz CT molecular complexity index is 183. The summed E-state index contributed by atoms with van der Waals surface area (Å²) >= 11 is 0. The predicted octanol–water partition coefficient (Wildman–Crippen LogP) is 2.04. The molecule has 2 nitrogen and oxygen atoms in total. The molecule has 0 saturated carbocycles. The minimum atomic E-state index is 0.640. The number of rotatable bonds is 2. The number of aliphatic hydroxyl groups is 1.